The van der Waals surface area contributed by atoms with Gasteiger partial charge in [-0.05, 0) is 37.2 Å². The van der Waals surface area contributed by atoms with Crippen molar-refractivity contribution in [1.29, 1.82) is 0 Å². The highest BCUT2D eigenvalue weighted by atomic mass is 35.5. The van der Waals surface area contributed by atoms with Crippen LogP contribution in [0.2, 0.25) is 0 Å². The van der Waals surface area contributed by atoms with Crippen LogP contribution < -0.4 is 5.32 Å². The van der Waals surface area contributed by atoms with Gasteiger partial charge in [-0.25, -0.2) is 12.8 Å². The molecule has 0 unspecified atom stereocenters. The molecule has 2 rings (SSSR count). The second-order valence-corrected chi connectivity index (χ2v) is 5.90. The molecule has 1 aliphatic rings. The van der Waals surface area contributed by atoms with Crippen LogP contribution in [0.15, 0.2) is 29.2 Å². The molecule has 1 heterocycles. The van der Waals surface area contributed by atoms with E-state index in [1.807, 2.05) is 0 Å². The second-order valence-electron chi connectivity index (χ2n) is 3.96. The average Bonchev–Trinajstić information content (AvgIpc) is 2.58. The number of nitrogens with zero attached hydrogens (tertiary/aromatic N) is 1. The Balaban J connectivity index is 0.00000162. The summed E-state index contributed by atoms with van der Waals surface area (Å²) in [4.78, 5) is 0.154. The number of benzene rings is 1. The van der Waals surface area contributed by atoms with Crippen molar-refractivity contribution < 1.29 is 12.8 Å². The molecule has 0 saturated carbocycles. The van der Waals surface area contributed by atoms with Gasteiger partial charge in [-0.3, -0.25) is 0 Å². The number of hydrogen-bond donors (Lipinski definition) is 1. The fourth-order valence-electron chi connectivity index (χ4n) is 1.82. The minimum Gasteiger partial charge on any atom is -0.315 e. The molecule has 7 heteroatoms. The van der Waals surface area contributed by atoms with Crippen LogP contribution >= 0.6 is 12.4 Å². The van der Waals surface area contributed by atoms with Gasteiger partial charge in [0.25, 0.3) is 0 Å². The summed E-state index contributed by atoms with van der Waals surface area (Å²) in [5.41, 5.74) is 0. The minimum atomic E-state index is -3.48. The highest BCUT2D eigenvalue weighted by molar-refractivity contribution is 7.89. The molecule has 1 fully saturated rings. The number of hydrogen-bond acceptors (Lipinski definition) is 3. The predicted octanol–water partition coefficient (Wildman–Crippen LogP) is 1.23. The van der Waals surface area contributed by atoms with Crippen LogP contribution in [-0.2, 0) is 10.0 Å². The van der Waals surface area contributed by atoms with E-state index in [9.17, 15) is 12.8 Å². The van der Waals surface area contributed by atoms with Crippen molar-refractivity contribution in [1.82, 2.24) is 9.62 Å². The van der Waals surface area contributed by atoms with Gasteiger partial charge in [0, 0.05) is 19.6 Å². The lowest BCUT2D eigenvalue weighted by atomic mass is 10.4. The summed E-state index contributed by atoms with van der Waals surface area (Å²) in [5.74, 6) is -0.429. The van der Waals surface area contributed by atoms with E-state index in [0.717, 1.165) is 13.0 Å². The van der Waals surface area contributed by atoms with Crippen LogP contribution in [-0.4, -0.2) is 38.9 Å². The summed E-state index contributed by atoms with van der Waals surface area (Å²) >= 11 is 0. The molecule has 0 spiro atoms. The monoisotopic (exact) mass is 294 g/mol. The van der Waals surface area contributed by atoms with Gasteiger partial charge in [0.2, 0.25) is 10.0 Å². The van der Waals surface area contributed by atoms with Crippen LogP contribution in [0.25, 0.3) is 0 Å². The van der Waals surface area contributed by atoms with E-state index in [1.165, 1.54) is 28.6 Å². The fourth-order valence-corrected chi connectivity index (χ4v) is 3.30. The molecule has 18 heavy (non-hydrogen) atoms. The van der Waals surface area contributed by atoms with Gasteiger partial charge < -0.3 is 5.32 Å². The summed E-state index contributed by atoms with van der Waals surface area (Å²) in [7, 11) is -3.48. The molecular weight excluding hydrogens is 279 g/mol. The van der Waals surface area contributed by atoms with Crippen LogP contribution in [0, 0.1) is 5.82 Å². The van der Waals surface area contributed by atoms with Gasteiger partial charge in [0.05, 0.1) is 4.90 Å². The summed E-state index contributed by atoms with van der Waals surface area (Å²) < 4.78 is 38.7. The Morgan fingerprint density at radius 1 is 1.11 bits per heavy atom. The van der Waals surface area contributed by atoms with Crippen LogP contribution in [0.4, 0.5) is 4.39 Å². The molecular formula is C11H16ClFN2O2S. The first-order valence-corrected chi connectivity index (χ1v) is 7.01. The zero-order chi connectivity index (χ0) is 12.3. The van der Waals surface area contributed by atoms with Crippen molar-refractivity contribution in [2.45, 2.75) is 11.3 Å². The summed E-state index contributed by atoms with van der Waals surface area (Å²) in [6, 6.07) is 4.96. The summed E-state index contributed by atoms with van der Waals surface area (Å²) in [6.07, 6.45) is 0.792. The molecule has 0 atom stereocenters. The maximum absolute atomic E-state index is 12.8. The predicted molar refractivity (Wildman–Crippen MR) is 69.9 cm³/mol. The largest absolute Gasteiger partial charge is 0.315 e. The van der Waals surface area contributed by atoms with E-state index >= 15 is 0 Å². The number of halogens is 2. The first-order valence-electron chi connectivity index (χ1n) is 5.57. The third-order valence-corrected chi connectivity index (χ3v) is 4.66. The molecule has 1 aromatic rings. The molecule has 0 amide bonds. The smallest absolute Gasteiger partial charge is 0.243 e. The highest BCUT2D eigenvalue weighted by Crippen LogP contribution is 2.16. The third kappa shape index (κ3) is 3.41. The van der Waals surface area contributed by atoms with Gasteiger partial charge in [-0.15, -0.1) is 12.4 Å². The van der Waals surface area contributed by atoms with Gasteiger partial charge >= 0.3 is 0 Å². The van der Waals surface area contributed by atoms with Crippen molar-refractivity contribution in [2.24, 2.45) is 0 Å². The molecule has 102 valence electrons. The SMILES string of the molecule is Cl.O=S(=O)(c1ccc(F)cc1)N1CCCNCC1. The van der Waals surface area contributed by atoms with E-state index in [0.29, 0.717) is 19.6 Å². The highest BCUT2D eigenvalue weighted by Gasteiger charge is 2.24. The molecule has 1 N–H and O–H groups in total. The molecule has 1 aromatic carbocycles. The Hall–Kier alpha value is -0.690. The Morgan fingerprint density at radius 3 is 2.44 bits per heavy atom. The Kier molecular flexibility index (Phi) is 5.52. The number of rotatable bonds is 2. The van der Waals surface area contributed by atoms with Crippen molar-refractivity contribution >= 4 is 22.4 Å². The quantitative estimate of drug-likeness (QED) is 0.893. The van der Waals surface area contributed by atoms with Crippen molar-refractivity contribution in [2.75, 3.05) is 26.2 Å². The molecule has 1 saturated heterocycles. The van der Waals surface area contributed by atoms with Crippen molar-refractivity contribution in [3.63, 3.8) is 0 Å². The van der Waals surface area contributed by atoms with Crippen LogP contribution in [0.5, 0.6) is 0 Å². The zero-order valence-corrected chi connectivity index (χ0v) is 11.4. The third-order valence-electron chi connectivity index (χ3n) is 2.75. The minimum absolute atomic E-state index is 0. The Morgan fingerprint density at radius 2 is 1.78 bits per heavy atom. The van der Waals surface area contributed by atoms with Crippen molar-refractivity contribution in [3.8, 4) is 0 Å². The van der Waals surface area contributed by atoms with Gasteiger partial charge in [-0.1, -0.05) is 0 Å². The standard InChI is InChI=1S/C11H15FN2O2S.ClH/c12-10-2-4-11(5-3-10)17(15,16)14-8-1-6-13-7-9-14;/h2-5,13H,1,6-9H2;1H. The molecule has 0 bridgehead atoms. The van der Waals surface area contributed by atoms with E-state index in [-0.39, 0.29) is 17.3 Å². The summed E-state index contributed by atoms with van der Waals surface area (Å²) in [5, 5.41) is 3.14. The maximum atomic E-state index is 12.8. The number of nitrogens with one attached hydrogen (secondary N) is 1. The normalized spacial score (nSPS) is 17.8. The lowest BCUT2D eigenvalue weighted by molar-refractivity contribution is 0.432. The second kappa shape index (κ2) is 6.47. The van der Waals surface area contributed by atoms with E-state index in [4.69, 9.17) is 0 Å². The van der Waals surface area contributed by atoms with Crippen LogP contribution in [0.3, 0.4) is 0 Å². The average molecular weight is 295 g/mol. The zero-order valence-electron chi connectivity index (χ0n) is 9.80. The van der Waals surface area contributed by atoms with E-state index < -0.39 is 15.8 Å². The van der Waals surface area contributed by atoms with E-state index in [2.05, 4.69) is 5.32 Å². The fraction of sp³-hybridized carbons (Fsp3) is 0.455. The molecule has 4 nitrogen and oxygen atoms in total. The number of sulfonamides is 1. The Labute approximate surface area is 113 Å². The molecule has 0 aromatic heterocycles. The molecule has 0 aliphatic carbocycles. The van der Waals surface area contributed by atoms with E-state index in [1.54, 1.807) is 0 Å². The lowest BCUT2D eigenvalue weighted by Gasteiger charge is -2.19. The van der Waals surface area contributed by atoms with Crippen LogP contribution in [0.1, 0.15) is 6.42 Å². The maximum Gasteiger partial charge on any atom is 0.243 e. The first kappa shape index (κ1) is 15.4. The Bertz CT molecular complexity index is 470. The molecule has 1 aliphatic heterocycles. The lowest BCUT2D eigenvalue weighted by Crippen LogP contribution is -2.34. The molecule has 0 radical (unpaired) electrons. The summed E-state index contributed by atoms with van der Waals surface area (Å²) in [6.45, 7) is 2.45. The van der Waals surface area contributed by atoms with Gasteiger partial charge in [0.1, 0.15) is 5.82 Å². The van der Waals surface area contributed by atoms with Gasteiger partial charge in [0.15, 0.2) is 0 Å². The van der Waals surface area contributed by atoms with Crippen molar-refractivity contribution in [3.05, 3.63) is 30.1 Å². The topological polar surface area (TPSA) is 49.4 Å². The first-order chi connectivity index (χ1) is 8.10. The van der Waals surface area contributed by atoms with Gasteiger partial charge in [-0.2, -0.15) is 4.31 Å².